The average molecular weight is 449 g/mol. The third-order valence-corrected chi connectivity index (χ3v) is 5.55. The summed E-state index contributed by atoms with van der Waals surface area (Å²) in [7, 11) is 0. The van der Waals surface area contributed by atoms with Gasteiger partial charge in [-0.25, -0.2) is 9.40 Å². The Kier molecular flexibility index (Phi) is 5.09. The Balaban J connectivity index is 1.53. The van der Waals surface area contributed by atoms with E-state index in [2.05, 4.69) is 21.0 Å². The fraction of sp³-hybridized carbons (Fsp3) is 0.158. The lowest BCUT2D eigenvalue weighted by atomic mass is 10.1. The maximum Gasteiger partial charge on any atom is 0.281 e. The number of halogens is 2. The smallest absolute Gasteiger partial charge is 0.281 e. The van der Waals surface area contributed by atoms with Crippen LogP contribution in [0.4, 0.5) is 4.39 Å². The van der Waals surface area contributed by atoms with Crippen molar-refractivity contribution in [3.05, 3.63) is 75.0 Å². The van der Waals surface area contributed by atoms with Crippen LogP contribution in [0.2, 0.25) is 0 Å². The molecule has 0 spiro atoms. The van der Waals surface area contributed by atoms with Gasteiger partial charge in [0.2, 0.25) is 0 Å². The van der Waals surface area contributed by atoms with E-state index in [1.807, 2.05) is 23.6 Å². The highest BCUT2D eigenvalue weighted by molar-refractivity contribution is 9.10. The highest BCUT2D eigenvalue weighted by Gasteiger charge is 2.34. The molecule has 0 saturated heterocycles. The molecule has 138 valence electrons. The van der Waals surface area contributed by atoms with Crippen molar-refractivity contribution in [3.63, 3.8) is 0 Å². The summed E-state index contributed by atoms with van der Waals surface area (Å²) < 4.78 is 25.3. The van der Waals surface area contributed by atoms with Gasteiger partial charge in [0.15, 0.2) is 18.2 Å². The number of thiophene rings is 1. The SMILES string of the molecule is O=C(COc1ccc(Br)cc1F)N1N=C(c2ccco2)CC1c1cccs1. The molecular formula is C19H14BrFN2O3S. The Morgan fingerprint density at radius 3 is 2.96 bits per heavy atom. The number of ether oxygens (including phenoxy) is 1. The molecule has 0 saturated carbocycles. The number of furan rings is 1. The third kappa shape index (κ3) is 3.81. The Hall–Kier alpha value is -2.45. The van der Waals surface area contributed by atoms with Gasteiger partial charge in [-0.2, -0.15) is 5.10 Å². The van der Waals surface area contributed by atoms with E-state index in [0.29, 0.717) is 22.4 Å². The first-order valence-electron chi connectivity index (χ1n) is 8.16. The first-order chi connectivity index (χ1) is 13.1. The van der Waals surface area contributed by atoms with Crippen LogP contribution in [0.3, 0.4) is 0 Å². The molecule has 1 aromatic carbocycles. The van der Waals surface area contributed by atoms with Gasteiger partial charge in [-0.1, -0.05) is 22.0 Å². The van der Waals surface area contributed by atoms with Crippen LogP contribution in [0.25, 0.3) is 0 Å². The van der Waals surface area contributed by atoms with E-state index in [1.54, 1.807) is 29.7 Å². The van der Waals surface area contributed by atoms with E-state index >= 15 is 0 Å². The van der Waals surface area contributed by atoms with Gasteiger partial charge in [-0.05, 0) is 41.8 Å². The predicted molar refractivity (Wildman–Crippen MR) is 103 cm³/mol. The van der Waals surface area contributed by atoms with E-state index < -0.39 is 5.82 Å². The second-order valence-corrected chi connectivity index (χ2v) is 7.76. The van der Waals surface area contributed by atoms with Gasteiger partial charge in [-0.3, -0.25) is 4.79 Å². The average Bonchev–Trinajstić information content (AvgIpc) is 3.40. The largest absolute Gasteiger partial charge is 0.481 e. The van der Waals surface area contributed by atoms with Gasteiger partial charge < -0.3 is 9.15 Å². The van der Waals surface area contributed by atoms with Crippen LogP contribution in [-0.2, 0) is 4.79 Å². The van der Waals surface area contributed by atoms with Gasteiger partial charge in [0, 0.05) is 15.8 Å². The molecule has 3 aromatic rings. The van der Waals surface area contributed by atoms with E-state index in [9.17, 15) is 9.18 Å². The molecule has 0 bridgehead atoms. The van der Waals surface area contributed by atoms with E-state index in [0.717, 1.165) is 4.88 Å². The van der Waals surface area contributed by atoms with Crippen molar-refractivity contribution < 1.29 is 18.3 Å². The number of carbonyl (C=O) groups is 1. The molecular weight excluding hydrogens is 435 g/mol. The maximum atomic E-state index is 13.9. The molecule has 1 aliphatic heterocycles. The number of hydrogen-bond acceptors (Lipinski definition) is 5. The zero-order chi connectivity index (χ0) is 18.8. The van der Waals surface area contributed by atoms with Crippen molar-refractivity contribution in [1.29, 1.82) is 0 Å². The van der Waals surface area contributed by atoms with E-state index in [1.165, 1.54) is 17.1 Å². The lowest BCUT2D eigenvalue weighted by Crippen LogP contribution is -2.31. The molecule has 4 rings (SSSR count). The summed E-state index contributed by atoms with van der Waals surface area (Å²) in [5.41, 5.74) is 0.696. The van der Waals surface area contributed by atoms with Crippen LogP contribution in [0.1, 0.15) is 23.1 Å². The molecule has 5 nitrogen and oxygen atoms in total. The molecule has 0 N–H and O–H groups in total. The second kappa shape index (κ2) is 7.66. The number of amides is 1. The Morgan fingerprint density at radius 2 is 2.26 bits per heavy atom. The third-order valence-electron chi connectivity index (χ3n) is 4.09. The highest BCUT2D eigenvalue weighted by Crippen LogP contribution is 2.35. The topological polar surface area (TPSA) is 55.0 Å². The number of hydrogen-bond donors (Lipinski definition) is 0. The Morgan fingerprint density at radius 1 is 1.37 bits per heavy atom. The van der Waals surface area contributed by atoms with Crippen molar-refractivity contribution in [3.8, 4) is 5.75 Å². The maximum absolute atomic E-state index is 13.9. The molecule has 0 fully saturated rings. The first-order valence-corrected chi connectivity index (χ1v) is 9.84. The molecule has 0 radical (unpaired) electrons. The summed E-state index contributed by atoms with van der Waals surface area (Å²) in [5, 5.41) is 7.81. The lowest BCUT2D eigenvalue weighted by molar-refractivity contribution is -0.135. The Bertz CT molecular complexity index is 973. The number of carbonyl (C=O) groups excluding carboxylic acids is 1. The van der Waals surface area contributed by atoms with Crippen molar-refractivity contribution in [2.45, 2.75) is 12.5 Å². The van der Waals surface area contributed by atoms with Crippen LogP contribution in [0, 0.1) is 5.82 Å². The van der Waals surface area contributed by atoms with Crippen molar-refractivity contribution in [2.24, 2.45) is 5.10 Å². The zero-order valence-corrected chi connectivity index (χ0v) is 16.4. The minimum absolute atomic E-state index is 0.0219. The van der Waals surface area contributed by atoms with E-state index in [4.69, 9.17) is 9.15 Å². The molecule has 27 heavy (non-hydrogen) atoms. The summed E-state index contributed by atoms with van der Waals surface area (Å²) in [6.45, 7) is -0.310. The fourth-order valence-corrected chi connectivity index (χ4v) is 3.98. The van der Waals surface area contributed by atoms with Crippen LogP contribution >= 0.6 is 27.3 Å². The molecule has 3 heterocycles. The predicted octanol–water partition coefficient (Wildman–Crippen LogP) is 5.00. The van der Waals surface area contributed by atoms with Gasteiger partial charge in [0.05, 0.1) is 12.3 Å². The number of rotatable bonds is 5. The minimum atomic E-state index is -0.534. The molecule has 8 heteroatoms. The Labute approximate surface area is 167 Å². The van der Waals surface area contributed by atoms with Crippen LogP contribution in [0.15, 0.2) is 68.1 Å². The first kappa shape index (κ1) is 17.9. The molecule has 1 amide bonds. The van der Waals surface area contributed by atoms with Gasteiger partial charge in [0.1, 0.15) is 11.5 Å². The van der Waals surface area contributed by atoms with Gasteiger partial charge in [0.25, 0.3) is 5.91 Å². The highest BCUT2D eigenvalue weighted by atomic mass is 79.9. The molecule has 1 unspecified atom stereocenters. The lowest BCUT2D eigenvalue weighted by Gasteiger charge is -2.20. The quantitative estimate of drug-likeness (QED) is 0.551. The summed E-state index contributed by atoms with van der Waals surface area (Å²) in [6, 6.07) is 11.7. The van der Waals surface area contributed by atoms with Gasteiger partial charge >= 0.3 is 0 Å². The van der Waals surface area contributed by atoms with E-state index in [-0.39, 0.29) is 24.3 Å². The number of hydrazone groups is 1. The zero-order valence-electron chi connectivity index (χ0n) is 14.0. The van der Waals surface area contributed by atoms with Crippen LogP contribution in [0.5, 0.6) is 5.75 Å². The number of benzene rings is 1. The fourth-order valence-electron chi connectivity index (χ4n) is 2.83. The van der Waals surface area contributed by atoms with Crippen molar-refractivity contribution in [1.82, 2.24) is 5.01 Å². The van der Waals surface area contributed by atoms with Crippen molar-refractivity contribution >= 4 is 38.9 Å². The molecule has 0 aliphatic carbocycles. The minimum Gasteiger partial charge on any atom is -0.481 e. The standard InChI is InChI=1S/C19H14BrFN2O3S/c20-12-5-6-16(13(21)9-12)26-11-19(24)23-15(18-4-2-8-27-18)10-14(22-23)17-3-1-7-25-17/h1-9,15H,10-11H2. The van der Waals surface area contributed by atoms with Crippen LogP contribution in [-0.4, -0.2) is 23.2 Å². The number of nitrogens with zero attached hydrogens (tertiary/aromatic N) is 2. The van der Waals surface area contributed by atoms with Crippen molar-refractivity contribution in [2.75, 3.05) is 6.61 Å². The monoisotopic (exact) mass is 448 g/mol. The molecule has 1 atom stereocenters. The second-order valence-electron chi connectivity index (χ2n) is 5.86. The summed E-state index contributed by atoms with van der Waals surface area (Å²) in [5.74, 6) is -0.231. The summed E-state index contributed by atoms with van der Waals surface area (Å²) >= 11 is 4.74. The molecule has 1 aliphatic rings. The summed E-state index contributed by atoms with van der Waals surface area (Å²) in [4.78, 5) is 13.8. The summed E-state index contributed by atoms with van der Waals surface area (Å²) in [6.07, 6.45) is 2.12. The molecule has 2 aromatic heterocycles. The van der Waals surface area contributed by atoms with Gasteiger partial charge in [-0.15, -0.1) is 11.3 Å². The normalized spacial score (nSPS) is 16.4. The van der Waals surface area contributed by atoms with Crippen LogP contribution < -0.4 is 4.74 Å².